The van der Waals surface area contributed by atoms with Gasteiger partial charge in [-0.15, -0.1) is 0 Å². The molecule has 0 aliphatic heterocycles. The van der Waals surface area contributed by atoms with E-state index in [9.17, 15) is 4.79 Å². The first-order chi connectivity index (χ1) is 7.11. The maximum absolute atomic E-state index is 11.8. The third-order valence-corrected chi connectivity index (χ3v) is 2.09. The zero-order chi connectivity index (χ0) is 11.4. The van der Waals surface area contributed by atoms with Gasteiger partial charge in [-0.05, 0) is 19.1 Å². The Morgan fingerprint density at radius 2 is 1.73 bits per heavy atom. The molecular formula is C11H15NO3. The van der Waals surface area contributed by atoms with Crippen LogP contribution >= 0.6 is 0 Å². The van der Waals surface area contributed by atoms with Gasteiger partial charge in [-0.1, -0.05) is 6.07 Å². The van der Waals surface area contributed by atoms with E-state index in [1.807, 2.05) is 0 Å². The molecule has 1 aromatic rings. The maximum Gasteiger partial charge on any atom is 0.186 e. The fraction of sp³-hybridized carbons (Fsp3) is 0.364. The molecule has 2 N–H and O–H groups in total. The number of carbonyl (C=O) groups is 1. The summed E-state index contributed by atoms with van der Waals surface area (Å²) in [5.74, 6) is 0.776. The fourth-order valence-corrected chi connectivity index (χ4v) is 1.32. The van der Waals surface area contributed by atoms with E-state index >= 15 is 0 Å². The Balaban J connectivity index is 3.28. The average Bonchev–Trinajstić information content (AvgIpc) is 2.26. The van der Waals surface area contributed by atoms with Gasteiger partial charge in [0.2, 0.25) is 0 Å². The molecule has 4 heteroatoms. The number of benzene rings is 1. The molecule has 0 heterocycles. The molecule has 0 fully saturated rings. The minimum atomic E-state index is -0.574. The molecule has 1 atom stereocenters. The number of methoxy groups -OCH3 is 2. The van der Waals surface area contributed by atoms with Crippen LogP contribution in [-0.4, -0.2) is 26.0 Å². The number of ketones is 1. The van der Waals surface area contributed by atoms with Gasteiger partial charge < -0.3 is 15.2 Å². The second-order valence-electron chi connectivity index (χ2n) is 3.19. The van der Waals surface area contributed by atoms with Crippen molar-refractivity contribution in [2.45, 2.75) is 13.0 Å². The number of nitrogens with two attached hydrogens (primary N) is 1. The molecule has 0 saturated heterocycles. The Bertz CT molecular complexity index is 339. The van der Waals surface area contributed by atoms with E-state index in [0.29, 0.717) is 17.1 Å². The van der Waals surface area contributed by atoms with Crippen LogP contribution in [0.15, 0.2) is 18.2 Å². The highest BCUT2D eigenvalue weighted by Gasteiger charge is 2.20. The summed E-state index contributed by atoms with van der Waals surface area (Å²) in [5, 5.41) is 0. The zero-order valence-corrected chi connectivity index (χ0v) is 9.11. The van der Waals surface area contributed by atoms with Crippen molar-refractivity contribution in [3.05, 3.63) is 23.8 Å². The minimum Gasteiger partial charge on any atom is -0.496 e. The molecule has 0 aromatic heterocycles. The average molecular weight is 209 g/mol. The van der Waals surface area contributed by atoms with E-state index in [2.05, 4.69) is 0 Å². The van der Waals surface area contributed by atoms with Crippen molar-refractivity contribution in [1.29, 1.82) is 0 Å². The Kier molecular flexibility index (Phi) is 3.68. The maximum atomic E-state index is 11.8. The highest BCUT2D eigenvalue weighted by atomic mass is 16.5. The second kappa shape index (κ2) is 4.79. The van der Waals surface area contributed by atoms with Crippen molar-refractivity contribution in [2.24, 2.45) is 5.73 Å². The van der Waals surface area contributed by atoms with Crippen LogP contribution in [0.3, 0.4) is 0 Å². The van der Waals surface area contributed by atoms with Crippen molar-refractivity contribution in [2.75, 3.05) is 14.2 Å². The van der Waals surface area contributed by atoms with E-state index in [1.165, 1.54) is 14.2 Å². The zero-order valence-electron chi connectivity index (χ0n) is 9.11. The lowest BCUT2D eigenvalue weighted by molar-refractivity contribution is 0.0962. The van der Waals surface area contributed by atoms with Crippen LogP contribution in [0.4, 0.5) is 0 Å². The van der Waals surface area contributed by atoms with Gasteiger partial charge in [-0.2, -0.15) is 0 Å². The summed E-state index contributed by atoms with van der Waals surface area (Å²) in [5.41, 5.74) is 5.95. The van der Waals surface area contributed by atoms with Crippen LogP contribution in [0, 0.1) is 0 Å². The quantitative estimate of drug-likeness (QED) is 0.758. The number of carbonyl (C=O) groups excluding carboxylic acids is 1. The highest BCUT2D eigenvalue weighted by Crippen LogP contribution is 2.29. The molecule has 15 heavy (non-hydrogen) atoms. The van der Waals surface area contributed by atoms with Gasteiger partial charge in [0.25, 0.3) is 0 Å². The first-order valence-electron chi connectivity index (χ1n) is 4.62. The van der Waals surface area contributed by atoms with E-state index in [-0.39, 0.29) is 5.78 Å². The Labute approximate surface area is 89.0 Å². The molecule has 0 aliphatic rings. The highest BCUT2D eigenvalue weighted by molar-refractivity contribution is 6.04. The van der Waals surface area contributed by atoms with Gasteiger partial charge in [-0.3, -0.25) is 4.79 Å². The van der Waals surface area contributed by atoms with Crippen LogP contribution in [-0.2, 0) is 0 Å². The largest absolute Gasteiger partial charge is 0.496 e. The summed E-state index contributed by atoms with van der Waals surface area (Å²) in [6, 6.07) is 4.60. The standard InChI is InChI=1S/C11H15NO3/c1-7(12)11(13)10-8(14-2)5-4-6-9(10)15-3/h4-7H,12H2,1-3H3. The van der Waals surface area contributed by atoms with Crippen molar-refractivity contribution in [3.8, 4) is 11.5 Å². The lowest BCUT2D eigenvalue weighted by Crippen LogP contribution is -2.27. The molecule has 4 nitrogen and oxygen atoms in total. The molecule has 82 valence electrons. The third kappa shape index (κ3) is 2.27. The van der Waals surface area contributed by atoms with E-state index in [1.54, 1.807) is 25.1 Å². The molecular weight excluding hydrogens is 194 g/mol. The SMILES string of the molecule is COc1cccc(OC)c1C(=O)C(C)N. The van der Waals surface area contributed by atoms with Crippen molar-refractivity contribution in [3.63, 3.8) is 0 Å². The predicted octanol–water partition coefficient (Wildman–Crippen LogP) is 1.23. The summed E-state index contributed by atoms with van der Waals surface area (Å²) < 4.78 is 10.2. The molecule has 0 aliphatic carbocycles. The fourth-order valence-electron chi connectivity index (χ4n) is 1.32. The normalized spacial score (nSPS) is 12.0. The van der Waals surface area contributed by atoms with Crippen LogP contribution in [0.2, 0.25) is 0 Å². The lowest BCUT2D eigenvalue weighted by Gasteiger charge is -2.13. The summed E-state index contributed by atoms with van der Waals surface area (Å²) in [7, 11) is 3.01. The van der Waals surface area contributed by atoms with Gasteiger partial charge in [-0.25, -0.2) is 0 Å². The van der Waals surface area contributed by atoms with Crippen molar-refractivity contribution in [1.82, 2.24) is 0 Å². The molecule has 0 bridgehead atoms. The number of ether oxygens (including phenoxy) is 2. The number of hydrogen-bond donors (Lipinski definition) is 1. The number of hydrogen-bond acceptors (Lipinski definition) is 4. The topological polar surface area (TPSA) is 61.5 Å². The van der Waals surface area contributed by atoms with Crippen LogP contribution in [0.5, 0.6) is 11.5 Å². The molecule has 1 rings (SSSR count). The Hall–Kier alpha value is -1.55. The summed E-state index contributed by atoms with van der Waals surface area (Å²) in [6.07, 6.45) is 0. The first kappa shape index (κ1) is 11.5. The molecule has 0 amide bonds. The van der Waals surface area contributed by atoms with Gasteiger partial charge in [0.15, 0.2) is 5.78 Å². The van der Waals surface area contributed by atoms with Gasteiger partial charge >= 0.3 is 0 Å². The number of rotatable bonds is 4. The van der Waals surface area contributed by atoms with Crippen LogP contribution in [0.25, 0.3) is 0 Å². The molecule has 0 saturated carbocycles. The first-order valence-corrected chi connectivity index (χ1v) is 4.62. The Morgan fingerprint density at radius 3 is 2.07 bits per heavy atom. The third-order valence-electron chi connectivity index (χ3n) is 2.09. The van der Waals surface area contributed by atoms with Crippen LogP contribution in [0.1, 0.15) is 17.3 Å². The van der Waals surface area contributed by atoms with Gasteiger partial charge in [0.1, 0.15) is 17.1 Å². The molecule has 0 spiro atoms. The lowest BCUT2D eigenvalue weighted by atomic mass is 10.0. The van der Waals surface area contributed by atoms with Gasteiger partial charge in [0.05, 0.1) is 20.3 Å². The Morgan fingerprint density at radius 1 is 1.27 bits per heavy atom. The number of Topliss-reactive ketones (excluding diaryl/α,β-unsaturated/α-hetero) is 1. The van der Waals surface area contributed by atoms with Crippen molar-refractivity contribution < 1.29 is 14.3 Å². The summed E-state index contributed by atoms with van der Waals surface area (Å²) in [4.78, 5) is 11.8. The molecule has 0 radical (unpaired) electrons. The van der Waals surface area contributed by atoms with Crippen molar-refractivity contribution >= 4 is 5.78 Å². The summed E-state index contributed by atoms with van der Waals surface area (Å²) in [6.45, 7) is 1.63. The van der Waals surface area contributed by atoms with E-state index in [4.69, 9.17) is 15.2 Å². The van der Waals surface area contributed by atoms with Crippen LogP contribution < -0.4 is 15.2 Å². The molecule has 1 aromatic carbocycles. The second-order valence-corrected chi connectivity index (χ2v) is 3.19. The van der Waals surface area contributed by atoms with E-state index < -0.39 is 6.04 Å². The monoisotopic (exact) mass is 209 g/mol. The van der Waals surface area contributed by atoms with Gasteiger partial charge in [0, 0.05) is 0 Å². The predicted molar refractivity (Wildman–Crippen MR) is 57.5 cm³/mol. The molecule has 1 unspecified atom stereocenters. The summed E-state index contributed by atoms with van der Waals surface area (Å²) >= 11 is 0. The van der Waals surface area contributed by atoms with E-state index in [0.717, 1.165) is 0 Å². The smallest absolute Gasteiger partial charge is 0.186 e. The minimum absolute atomic E-state index is 0.190.